The zero-order chi connectivity index (χ0) is 11.7. The van der Waals surface area contributed by atoms with E-state index < -0.39 is 0 Å². The van der Waals surface area contributed by atoms with Gasteiger partial charge in [-0.1, -0.05) is 0 Å². The van der Waals surface area contributed by atoms with E-state index in [9.17, 15) is 0 Å². The van der Waals surface area contributed by atoms with Crippen LogP contribution in [0.5, 0.6) is 0 Å². The first-order chi connectivity index (χ1) is 8.29. The van der Waals surface area contributed by atoms with Gasteiger partial charge in [-0.15, -0.1) is 0 Å². The Balaban J connectivity index is 1.43. The van der Waals surface area contributed by atoms with Crippen LogP contribution in [0.1, 0.15) is 31.4 Å². The van der Waals surface area contributed by atoms with E-state index in [0.29, 0.717) is 12.2 Å². The summed E-state index contributed by atoms with van der Waals surface area (Å²) in [5, 5.41) is 7.94. The Hall–Kier alpha value is -0.870. The van der Waals surface area contributed by atoms with E-state index in [-0.39, 0.29) is 0 Å². The van der Waals surface area contributed by atoms with Crippen LogP contribution in [0.15, 0.2) is 12.3 Å². The number of hydrogen-bond acceptors (Lipinski definition) is 3. The molecule has 4 nitrogen and oxygen atoms in total. The molecule has 2 atom stereocenters. The molecule has 94 valence electrons. The van der Waals surface area contributed by atoms with Gasteiger partial charge >= 0.3 is 0 Å². The maximum absolute atomic E-state index is 6.03. The molecule has 1 aliphatic heterocycles. The quantitative estimate of drug-likeness (QED) is 0.840. The molecule has 2 heterocycles. The van der Waals surface area contributed by atoms with Gasteiger partial charge in [0.2, 0.25) is 0 Å². The predicted octanol–water partition coefficient (Wildman–Crippen LogP) is 1.49. The molecule has 1 N–H and O–H groups in total. The van der Waals surface area contributed by atoms with Crippen LogP contribution < -0.4 is 5.32 Å². The molecule has 0 aromatic carbocycles. The summed E-state index contributed by atoms with van der Waals surface area (Å²) >= 11 is 0. The third kappa shape index (κ3) is 3.07. The van der Waals surface area contributed by atoms with Crippen molar-refractivity contribution in [3.8, 4) is 0 Å². The molecule has 0 bridgehead atoms. The lowest BCUT2D eigenvalue weighted by atomic mass is 10.2. The van der Waals surface area contributed by atoms with Gasteiger partial charge in [-0.05, 0) is 38.7 Å². The number of nitrogens with one attached hydrogen (secondary N) is 1. The third-order valence-electron chi connectivity index (χ3n) is 3.57. The van der Waals surface area contributed by atoms with Crippen molar-refractivity contribution in [1.29, 1.82) is 0 Å². The van der Waals surface area contributed by atoms with Gasteiger partial charge in [0.05, 0.1) is 24.4 Å². The number of aryl methyl sites for hydroxylation is 1. The molecule has 0 amide bonds. The van der Waals surface area contributed by atoms with E-state index in [4.69, 9.17) is 4.74 Å². The SMILES string of the molecule is Cc1ccn(CC2CCC(CNC3CC3)O2)n1. The average Bonchev–Trinajstić information content (AvgIpc) is 2.90. The van der Waals surface area contributed by atoms with E-state index >= 15 is 0 Å². The van der Waals surface area contributed by atoms with Gasteiger partial charge < -0.3 is 10.1 Å². The number of rotatable bonds is 5. The summed E-state index contributed by atoms with van der Waals surface area (Å²) in [4.78, 5) is 0. The molecule has 4 heteroatoms. The minimum Gasteiger partial charge on any atom is -0.372 e. The summed E-state index contributed by atoms with van der Waals surface area (Å²) in [6, 6.07) is 2.83. The lowest BCUT2D eigenvalue weighted by Gasteiger charge is -2.14. The predicted molar refractivity (Wildman–Crippen MR) is 65.9 cm³/mol. The Morgan fingerprint density at radius 1 is 1.35 bits per heavy atom. The highest BCUT2D eigenvalue weighted by atomic mass is 16.5. The van der Waals surface area contributed by atoms with Crippen molar-refractivity contribution in [3.05, 3.63) is 18.0 Å². The summed E-state index contributed by atoms with van der Waals surface area (Å²) in [7, 11) is 0. The van der Waals surface area contributed by atoms with Gasteiger partial charge in [-0.3, -0.25) is 4.68 Å². The molecule has 2 fully saturated rings. The van der Waals surface area contributed by atoms with Gasteiger partial charge in [0.25, 0.3) is 0 Å². The molecule has 2 unspecified atom stereocenters. The van der Waals surface area contributed by atoms with Crippen LogP contribution in [0.4, 0.5) is 0 Å². The molecule has 1 aliphatic carbocycles. The molecule has 1 saturated heterocycles. The first kappa shape index (κ1) is 11.2. The first-order valence-corrected chi connectivity index (χ1v) is 6.68. The highest BCUT2D eigenvalue weighted by Crippen LogP contribution is 2.23. The molecule has 0 spiro atoms. The fourth-order valence-electron chi connectivity index (χ4n) is 2.42. The molecule has 2 aliphatic rings. The second-order valence-electron chi connectivity index (χ2n) is 5.32. The summed E-state index contributed by atoms with van der Waals surface area (Å²) < 4.78 is 8.03. The van der Waals surface area contributed by atoms with Crippen LogP contribution in [-0.2, 0) is 11.3 Å². The van der Waals surface area contributed by atoms with Crippen molar-refractivity contribution >= 4 is 0 Å². The van der Waals surface area contributed by atoms with Crippen molar-refractivity contribution in [2.75, 3.05) is 6.54 Å². The molecule has 0 radical (unpaired) electrons. The standard InChI is InChI=1S/C13H21N3O/c1-10-6-7-16(15-10)9-13-5-4-12(17-13)8-14-11-2-3-11/h6-7,11-14H,2-5,8-9H2,1H3. The lowest BCUT2D eigenvalue weighted by Crippen LogP contribution is -2.29. The van der Waals surface area contributed by atoms with Crippen molar-refractivity contribution < 1.29 is 4.74 Å². The molecule has 3 rings (SSSR count). The Morgan fingerprint density at radius 2 is 2.18 bits per heavy atom. The Kier molecular flexibility index (Phi) is 3.16. The smallest absolute Gasteiger partial charge is 0.0776 e. The Bertz CT molecular complexity index is 372. The second-order valence-corrected chi connectivity index (χ2v) is 5.32. The zero-order valence-corrected chi connectivity index (χ0v) is 10.4. The Morgan fingerprint density at radius 3 is 2.88 bits per heavy atom. The molecule has 1 aromatic heterocycles. The largest absolute Gasteiger partial charge is 0.372 e. The normalized spacial score (nSPS) is 28.8. The van der Waals surface area contributed by atoms with E-state index in [1.807, 2.05) is 23.9 Å². The van der Waals surface area contributed by atoms with Gasteiger partial charge in [-0.25, -0.2) is 0 Å². The molecule has 1 saturated carbocycles. The monoisotopic (exact) mass is 235 g/mol. The second kappa shape index (κ2) is 4.78. The summed E-state index contributed by atoms with van der Waals surface area (Å²) in [6.45, 7) is 3.95. The minimum absolute atomic E-state index is 0.348. The van der Waals surface area contributed by atoms with Crippen LogP contribution in [0.25, 0.3) is 0 Å². The summed E-state index contributed by atoms with van der Waals surface area (Å²) in [5.74, 6) is 0. The number of ether oxygens (including phenoxy) is 1. The van der Waals surface area contributed by atoms with Crippen molar-refractivity contribution in [2.45, 2.75) is 57.4 Å². The highest BCUT2D eigenvalue weighted by molar-refractivity contribution is 4.95. The highest BCUT2D eigenvalue weighted by Gasteiger charge is 2.28. The number of nitrogens with zero attached hydrogens (tertiary/aromatic N) is 2. The number of hydrogen-bond donors (Lipinski definition) is 1. The van der Waals surface area contributed by atoms with Crippen molar-refractivity contribution in [1.82, 2.24) is 15.1 Å². The van der Waals surface area contributed by atoms with Gasteiger partial charge in [0, 0.05) is 18.8 Å². The summed E-state index contributed by atoms with van der Waals surface area (Å²) in [5.41, 5.74) is 1.08. The van der Waals surface area contributed by atoms with E-state index in [2.05, 4.69) is 10.4 Å². The summed E-state index contributed by atoms with van der Waals surface area (Å²) in [6.07, 6.45) is 7.85. The van der Waals surface area contributed by atoms with Crippen molar-refractivity contribution in [3.63, 3.8) is 0 Å². The average molecular weight is 235 g/mol. The first-order valence-electron chi connectivity index (χ1n) is 6.68. The lowest BCUT2D eigenvalue weighted by molar-refractivity contribution is 0.0340. The molecular formula is C13H21N3O. The Labute approximate surface area is 102 Å². The maximum Gasteiger partial charge on any atom is 0.0776 e. The van der Waals surface area contributed by atoms with Crippen LogP contribution in [0.2, 0.25) is 0 Å². The maximum atomic E-state index is 6.03. The zero-order valence-electron chi connectivity index (χ0n) is 10.4. The number of aromatic nitrogens is 2. The van der Waals surface area contributed by atoms with Crippen LogP contribution in [0, 0.1) is 6.92 Å². The molecule has 1 aromatic rings. The van der Waals surface area contributed by atoms with Gasteiger partial charge in [0.15, 0.2) is 0 Å². The van der Waals surface area contributed by atoms with Gasteiger partial charge in [-0.2, -0.15) is 5.10 Å². The van der Waals surface area contributed by atoms with Crippen LogP contribution >= 0.6 is 0 Å². The molecule has 17 heavy (non-hydrogen) atoms. The van der Waals surface area contributed by atoms with Gasteiger partial charge in [0.1, 0.15) is 0 Å². The fraction of sp³-hybridized carbons (Fsp3) is 0.769. The van der Waals surface area contributed by atoms with Crippen LogP contribution in [-0.4, -0.2) is 34.6 Å². The van der Waals surface area contributed by atoms with Crippen LogP contribution in [0.3, 0.4) is 0 Å². The van der Waals surface area contributed by atoms with E-state index in [1.54, 1.807) is 0 Å². The van der Waals surface area contributed by atoms with Crippen molar-refractivity contribution in [2.24, 2.45) is 0 Å². The van der Waals surface area contributed by atoms with E-state index in [0.717, 1.165) is 31.2 Å². The fourth-order valence-corrected chi connectivity index (χ4v) is 2.42. The topological polar surface area (TPSA) is 39.1 Å². The van der Waals surface area contributed by atoms with E-state index in [1.165, 1.54) is 19.3 Å². The third-order valence-corrected chi connectivity index (χ3v) is 3.57. The molecular weight excluding hydrogens is 214 g/mol. The minimum atomic E-state index is 0.348.